The zero-order chi connectivity index (χ0) is 14.6. The third-order valence-electron chi connectivity index (χ3n) is 2.68. The van der Waals surface area contributed by atoms with Gasteiger partial charge < -0.3 is 10.5 Å². The van der Waals surface area contributed by atoms with Gasteiger partial charge in [-0.3, -0.25) is 0 Å². The monoisotopic (exact) mass is 293 g/mol. The lowest BCUT2D eigenvalue weighted by atomic mass is 10.3. The molecule has 0 unspecified atom stereocenters. The normalized spacial score (nSPS) is 11.2. The fourth-order valence-corrected chi connectivity index (χ4v) is 2.77. The molecule has 106 valence electrons. The van der Waals surface area contributed by atoms with E-state index in [4.69, 9.17) is 10.5 Å². The second-order valence-electron chi connectivity index (χ2n) is 4.07. The van der Waals surface area contributed by atoms with Crippen molar-refractivity contribution in [2.24, 2.45) is 0 Å². The summed E-state index contributed by atoms with van der Waals surface area (Å²) in [5.74, 6) is 0.476. The number of benzene rings is 1. The van der Waals surface area contributed by atoms with Crippen LogP contribution in [0.2, 0.25) is 0 Å². The van der Waals surface area contributed by atoms with E-state index >= 15 is 0 Å². The molecule has 0 saturated heterocycles. The van der Waals surface area contributed by atoms with Crippen molar-refractivity contribution in [3.05, 3.63) is 48.2 Å². The SMILES string of the molecule is COc1ccc(CNS(=O)(=O)c2ccccc2N)cn1. The Kier molecular flexibility index (Phi) is 4.21. The maximum absolute atomic E-state index is 12.1. The van der Waals surface area contributed by atoms with Gasteiger partial charge in [-0.25, -0.2) is 18.1 Å². The number of methoxy groups -OCH3 is 1. The number of para-hydroxylation sites is 1. The van der Waals surface area contributed by atoms with Gasteiger partial charge in [-0.15, -0.1) is 0 Å². The summed E-state index contributed by atoms with van der Waals surface area (Å²) in [6, 6.07) is 9.72. The van der Waals surface area contributed by atoms with E-state index in [0.717, 1.165) is 5.56 Å². The molecule has 0 amide bonds. The molecule has 0 fully saturated rings. The summed E-state index contributed by atoms with van der Waals surface area (Å²) >= 11 is 0. The van der Waals surface area contributed by atoms with E-state index in [-0.39, 0.29) is 17.1 Å². The van der Waals surface area contributed by atoms with Gasteiger partial charge >= 0.3 is 0 Å². The molecule has 3 N–H and O–H groups in total. The van der Waals surface area contributed by atoms with Crippen molar-refractivity contribution in [3.63, 3.8) is 0 Å². The molecule has 7 heteroatoms. The third-order valence-corrected chi connectivity index (χ3v) is 4.16. The van der Waals surface area contributed by atoms with Crippen LogP contribution in [0.5, 0.6) is 5.88 Å². The zero-order valence-corrected chi connectivity index (χ0v) is 11.7. The van der Waals surface area contributed by atoms with Crippen LogP contribution in [0.4, 0.5) is 5.69 Å². The van der Waals surface area contributed by atoms with E-state index in [0.29, 0.717) is 5.88 Å². The Morgan fingerprint density at radius 2 is 2.00 bits per heavy atom. The summed E-state index contributed by atoms with van der Waals surface area (Å²) in [6.07, 6.45) is 1.55. The van der Waals surface area contributed by atoms with Crippen LogP contribution in [0.15, 0.2) is 47.5 Å². The topological polar surface area (TPSA) is 94.3 Å². The third kappa shape index (κ3) is 3.25. The first-order valence-electron chi connectivity index (χ1n) is 5.86. The molecule has 6 nitrogen and oxygen atoms in total. The highest BCUT2D eigenvalue weighted by Gasteiger charge is 2.16. The first kappa shape index (κ1) is 14.3. The van der Waals surface area contributed by atoms with E-state index in [2.05, 4.69) is 9.71 Å². The zero-order valence-electron chi connectivity index (χ0n) is 10.9. The number of hydrogen-bond donors (Lipinski definition) is 2. The number of nitrogens with one attached hydrogen (secondary N) is 1. The molecule has 1 heterocycles. The minimum atomic E-state index is -3.64. The number of pyridine rings is 1. The summed E-state index contributed by atoms with van der Waals surface area (Å²) in [6.45, 7) is 0.133. The van der Waals surface area contributed by atoms with Gasteiger partial charge in [0.15, 0.2) is 0 Å². The fourth-order valence-electron chi connectivity index (χ4n) is 1.62. The van der Waals surface area contributed by atoms with E-state index in [1.807, 2.05) is 0 Å². The van der Waals surface area contributed by atoms with Crippen molar-refractivity contribution < 1.29 is 13.2 Å². The quantitative estimate of drug-likeness (QED) is 0.806. The maximum atomic E-state index is 12.1. The second-order valence-corrected chi connectivity index (χ2v) is 5.81. The maximum Gasteiger partial charge on any atom is 0.242 e. The van der Waals surface area contributed by atoms with Crippen molar-refractivity contribution in [1.29, 1.82) is 0 Å². The Balaban J connectivity index is 2.11. The summed E-state index contributed by atoms with van der Waals surface area (Å²) in [5.41, 5.74) is 6.61. The summed E-state index contributed by atoms with van der Waals surface area (Å²) in [5, 5.41) is 0. The highest BCUT2D eigenvalue weighted by atomic mass is 32.2. The largest absolute Gasteiger partial charge is 0.481 e. The number of hydrogen-bond acceptors (Lipinski definition) is 5. The molecule has 0 bridgehead atoms. The number of ether oxygens (including phenoxy) is 1. The predicted octanol–water partition coefficient (Wildman–Crippen LogP) is 1.15. The van der Waals surface area contributed by atoms with Crippen molar-refractivity contribution in [2.45, 2.75) is 11.4 Å². The minimum Gasteiger partial charge on any atom is -0.481 e. The highest BCUT2D eigenvalue weighted by molar-refractivity contribution is 7.89. The van der Waals surface area contributed by atoms with E-state index in [1.54, 1.807) is 36.5 Å². The minimum absolute atomic E-state index is 0.0708. The molecule has 0 saturated carbocycles. The molecule has 0 spiro atoms. The van der Waals surface area contributed by atoms with Crippen LogP contribution in [-0.4, -0.2) is 20.5 Å². The van der Waals surface area contributed by atoms with Gasteiger partial charge in [0.2, 0.25) is 15.9 Å². The molecule has 0 aliphatic rings. The first-order chi connectivity index (χ1) is 9.53. The average molecular weight is 293 g/mol. The van der Waals surface area contributed by atoms with Gasteiger partial charge in [0.05, 0.1) is 12.8 Å². The number of sulfonamides is 1. The Morgan fingerprint density at radius 1 is 1.25 bits per heavy atom. The number of nitrogens with zero attached hydrogens (tertiary/aromatic N) is 1. The second kappa shape index (κ2) is 5.89. The van der Waals surface area contributed by atoms with Crippen LogP contribution in [0.25, 0.3) is 0 Å². The molecular weight excluding hydrogens is 278 g/mol. The molecule has 0 aliphatic carbocycles. The lowest BCUT2D eigenvalue weighted by Crippen LogP contribution is -2.24. The number of nitrogens with two attached hydrogens (primary N) is 1. The number of rotatable bonds is 5. The van der Waals surface area contributed by atoms with Crippen LogP contribution < -0.4 is 15.2 Å². The molecule has 2 rings (SSSR count). The number of nitrogen functional groups attached to an aromatic ring is 1. The highest BCUT2D eigenvalue weighted by Crippen LogP contribution is 2.17. The van der Waals surface area contributed by atoms with Crippen molar-refractivity contribution >= 4 is 15.7 Å². The Labute approximate surface area is 117 Å². The van der Waals surface area contributed by atoms with Gasteiger partial charge in [0, 0.05) is 18.8 Å². The van der Waals surface area contributed by atoms with Crippen molar-refractivity contribution in [2.75, 3.05) is 12.8 Å². The Hall–Kier alpha value is -2.12. The lowest BCUT2D eigenvalue weighted by molar-refractivity contribution is 0.397. The van der Waals surface area contributed by atoms with Gasteiger partial charge in [-0.1, -0.05) is 18.2 Å². The Bertz CT molecular complexity index is 684. The smallest absolute Gasteiger partial charge is 0.242 e. The van der Waals surface area contributed by atoms with Crippen LogP contribution >= 0.6 is 0 Å². The lowest BCUT2D eigenvalue weighted by Gasteiger charge is -2.09. The summed E-state index contributed by atoms with van der Waals surface area (Å²) in [4.78, 5) is 4.08. The van der Waals surface area contributed by atoms with Gasteiger partial charge in [-0.05, 0) is 17.7 Å². The molecular formula is C13H15N3O3S. The van der Waals surface area contributed by atoms with Crippen molar-refractivity contribution in [1.82, 2.24) is 9.71 Å². The summed E-state index contributed by atoms with van der Waals surface area (Å²) in [7, 11) is -2.12. The predicted molar refractivity (Wildman–Crippen MR) is 75.7 cm³/mol. The van der Waals surface area contributed by atoms with Gasteiger partial charge in [-0.2, -0.15) is 0 Å². The molecule has 1 aromatic heterocycles. The van der Waals surface area contributed by atoms with Crippen molar-refractivity contribution in [3.8, 4) is 5.88 Å². The average Bonchev–Trinajstić information content (AvgIpc) is 2.46. The van der Waals surface area contributed by atoms with E-state index in [9.17, 15) is 8.42 Å². The molecule has 20 heavy (non-hydrogen) atoms. The van der Waals surface area contributed by atoms with Crippen LogP contribution in [0.3, 0.4) is 0 Å². The van der Waals surface area contributed by atoms with Gasteiger partial charge in [0.1, 0.15) is 4.90 Å². The molecule has 0 atom stereocenters. The first-order valence-corrected chi connectivity index (χ1v) is 7.34. The van der Waals surface area contributed by atoms with Crippen LogP contribution in [-0.2, 0) is 16.6 Å². The fraction of sp³-hybridized carbons (Fsp3) is 0.154. The van der Waals surface area contributed by atoms with Crippen LogP contribution in [0, 0.1) is 0 Å². The molecule has 2 aromatic rings. The van der Waals surface area contributed by atoms with Gasteiger partial charge in [0.25, 0.3) is 0 Å². The molecule has 0 radical (unpaired) electrons. The van der Waals surface area contributed by atoms with Crippen LogP contribution in [0.1, 0.15) is 5.56 Å². The standard InChI is InChI=1S/C13H15N3O3S/c1-19-13-7-6-10(8-15-13)9-16-20(17,18)12-5-3-2-4-11(12)14/h2-8,16H,9,14H2,1H3. The van der Waals surface area contributed by atoms with E-state index in [1.165, 1.54) is 13.2 Å². The molecule has 0 aliphatic heterocycles. The molecule has 1 aromatic carbocycles. The number of aromatic nitrogens is 1. The van der Waals surface area contributed by atoms with E-state index < -0.39 is 10.0 Å². The number of anilines is 1. The summed E-state index contributed by atoms with van der Waals surface area (Å²) < 4.78 is 31.6. The Morgan fingerprint density at radius 3 is 2.60 bits per heavy atom.